The topological polar surface area (TPSA) is 38.2 Å². The van der Waals surface area contributed by atoms with Gasteiger partial charge in [-0.25, -0.2) is 9.97 Å². The number of benzene rings is 1. The Morgan fingerprint density at radius 3 is 2.77 bits per heavy atom. The second-order valence-corrected chi connectivity index (χ2v) is 6.05. The second-order valence-electron chi connectivity index (χ2n) is 5.64. The lowest BCUT2D eigenvalue weighted by Crippen LogP contribution is -2.35. The molecule has 1 saturated heterocycles. The van der Waals surface area contributed by atoms with E-state index in [0.717, 1.165) is 43.9 Å². The van der Waals surface area contributed by atoms with Crippen LogP contribution >= 0.6 is 11.6 Å². The van der Waals surface area contributed by atoms with Crippen LogP contribution in [-0.2, 0) is 6.42 Å². The molecule has 0 N–H and O–H groups in total. The molecule has 1 aliphatic rings. The minimum Gasteiger partial charge on any atom is -0.496 e. The van der Waals surface area contributed by atoms with Gasteiger partial charge < -0.3 is 9.64 Å². The molecule has 1 aromatic heterocycles. The van der Waals surface area contributed by atoms with Crippen molar-refractivity contribution in [2.75, 3.05) is 25.1 Å². The molecule has 0 atom stereocenters. The highest BCUT2D eigenvalue weighted by atomic mass is 35.5. The molecule has 0 bridgehead atoms. The van der Waals surface area contributed by atoms with Gasteiger partial charge in [0.15, 0.2) is 5.82 Å². The largest absolute Gasteiger partial charge is 0.496 e. The molecule has 1 aromatic carbocycles. The first-order valence-electron chi connectivity index (χ1n) is 7.60. The third-order valence-corrected chi connectivity index (χ3v) is 4.53. The molecule has 2 heterocycles. The van der Waals surface area contributed by atoms with Crippen molar-refractivity contribution in [3.05, 3.63) is 47.4 Å². The molecule has 0 amide bonds. The van der Waals surface area contributed by atoms with E-state index in [2.05, 4.69) is 27.0 Å². The second kappa shape index (κ2) is 6.97. The molecule has 1 fully saturated rings. The quantitative estimate of drug-likeness (QED) is 0.863. The van der Waals surface area contributed by atoms with Crippen molar-refractivity contribution in [1.29, 1.82) is 0 Å². The predicted molar refractivity (Wildman–Crippen MR) is 88.7 cm³/mol. The third kappa shape index (κ3) is 3.33. The molecule has 5 heteroatoms. The van der Waals surface area contributed by atoms with Crippen LogP contribution < -0.4 is 9.64 Å². The summed E-state index contributed by atoms with van der Waals surface area (Å²) in [5.41, 5.74) is 1.29. The van der Waals surface area contributed by atoms with Crippen molar-refractivity contribution in [3.8, 4) is 5.75 Å². The van der Waals surface area contributed by atoms with Gasteiger partial charge in [0.2, 0.25) is 0 Å². The Hall–Kier alpha value is -1.81. The fraction of sp³-hybridized carbons (Fsp3) is 0.412. The average molecular weight is 318 g/mol. The molecule has 3 rings (SSSR count). The number of aromatic nitrogens is 2. The van der Waals surface area contributed by atoms with E-state index in [1.165, 1.54) is 5.56 Å². The van der Waals surface area contributed by atoms with Crippen molar-refractivity contribution >= 4 is 17.4 Å². The van der Waals surface area contributed by atoms with E-state index in [1.54, 1.807) is 19.6 Å². The summed E-state index contributed by atoms with van der Waals surface area (Å²) < 4.78 is 5.45. The molecule has 0 unspecified atom stereocenters. The van der Waals surface area contributed by atoms with Crippen molar-refractivity contribution in [2.45, 2.75) is 19.3 Å². The van der Waals surface area contributed by atoms with Crippen molar-refractivity contribution in [3.63, 3.8) is 0 Å². The molecule has 1 aliphatic heterocycles. The van der Waals surface area contributed by atoms with Crippen LogP contribution in [0.25, 0.3) is 0 Å². The summed E-state index contributed by atoms with van der Waals surface area (Å²) in [6.45, 7) is 1.97. The maximum Gasteiger partial charge on any atom is 0.150 e. The predicted octanol–water partition coefficient (Wildman–Crippen LogP) is 3.60. The van der Waals surface area contributed by atoms with Gasteiger partial charge in [-0.15, -0.1) is 0 Å². The van der Waals surface area contributed by atoms with Gasteiger partial charge in [-0.3, -0.25) is 0 Å². The Balaban J connectivity index is 1.61. The van der Waals surface area contributed by atoms with E-state index in [4.69, 9.17) is 16.3 Å². The van der Waals surface area contributed by atoms with Gasteiger partial charge in [0.05, 0.1) is 13.3 Å². The van der Waals surface area contributed by atoms with Gasteiger partial charge in [-0.2, -0.15) is 0 Å². The van der Waals surface area contributed by atoms with E-state index >= 15 is 0 Å². The number of anilines is 1. The first-order chi connectivity index (χ1) is 10.8. The highest BCUT2D eigenvalue weighted by Gasteiger charge is 2.22. The summed E-state index contributed by atoms with van der Waals surface area (Å²) in [5, 5.41) is 0.630. The van der Waals surface area contributed by atoms with Crippen LogP contribution in [-0.4, -0.2) is 30.2 Å². The molecule has 116 valence electrons. The summed E-state index contributed by atoms with van der Waals surface area (Å²) >= 11 is 6.18. The van der Waals surface area contributed by atoms with Gasteiger partial charge in [0.25, 0.3) is 0 Å². The number of hydrogen-bond acceptors (Lipinski definition) is 4. The standard InChI is InChI=1S/C17H20ClN3O/c1-22-16-5-3-2-4-14(16)10-13-6-8-21(9-7-13)17-15(18)11-19-12-20-17/h2-5,11-13H,6-10H2,1H3. The minimum atomic E-state index is 0.630. The number of methoxy groups -OCH3 is 1. The summed E-state index contributed by atoms with van der Waals surface area (Å²) in [4.78, 5) is 10.5. The zero-order valence-corrected chi connectivity index (χ0v) is 13.5. The highest BCUT2D eigenvalue weighted by Crippen LogP contribution is 2.30. The number of hydrogen-bond donors (Lipinski definition) is 0. The van der Waals surface area contributed by atoms with Gasteiger partial charge in [0.1, 0.15) is 17.1 Å². The van der Waals surface area contributed by atoms with Crippen molar-refractivity contribution in [2.24, 2.45) is 5.92 Å². The normalized spacial score (nSPS) is 15.8. The zero-order valence-electron chi connectivity index (χ0n) is 12.7. The van der Waals surface area contributed by atoms with E-state index in [0.29, 0.717) is 10.9 Å². The Bertz CT molecular complexity index is 627. The molecule has 22 heavy (non-hydrogen) atoms. The molecule has 0 radical (unpaired) electrons. The summed E-state index contributed by atoms with van der Waals surface area (Å²) in [7, 11) is 1.73. The number of nitrogens with zero attached hydrogens (tertiary/aromatic N) is 3. The van der Waals surface area contributed by atoms with Crippen LogP contribution in [0.1, 0.15) is 18.4 Å². The van der Waals surface area contributed by atoms with Crippen LogP contribution in [0.5, 0.6) is 5.75 Å². The Morgan fingerprint density at radius 1 is 1.27 bits per heavy atom. The molecule has 4 nitrogen and oxygen atoms in total. The van der Waals surface area contributed by atoms with E-state index in [-0.39, 0.29) is 0 Å². The minimum absolute atomic E-state index is 0.630. The first-order valence-corrected chi connectivity index (χ1v) is 7.98. The van der Waals surface area contributed by atoms with Crippen LogP contribution in [0.2, 0.25) is 5.02 Å². The molecular weight excluding hydrogens is 298 g/mol. The van der Waals surface area contributed by atoms with Crippen LogP contribution in [0.15, 0.2) is 36.8 Å². The summed E-state index contributed by atoms with van der Waals surface area (Å²) in [6, 6.07) is 8.29. The summed E-state index contributed by atoms with van der Waals surface area (Å²) in [5.74, 6) is 2.52. The molecular formula is C17H20ClN3O. The summed E-state index contributed by atoms with van der Waals surface area (Å²) in [6.07, 6.45) is 6.55. The maximum atomic E-state index is 6.18. The lowest BCUT2D eigenvalue weighted by atomic mass is 9.90. The van der Waals surface area contributed by atoms with Gasteiger partial charge in [-0.1, -0.05) is 29.8 Å². The van der Waals surface area contributed by atoms with Crippen LogP contribution in [0.4, 0.5) is 5.82 Å². The molecule has 0 aliphatic carbocycles. The SMILES string of the molecule is COc1ccccc1CC1CCN(c2ncncc2Cl)CC1. The Morgan fingerprint density at radius 2 is 2.05 bits per heavy atom. The average Bonchev–Trinajstić information content (AvgIpc) is 2.57. The lowest BCUT2D eigenvalue weighted by Gasteiger charge is -2.33. The Labute approximate surface area is 136 Å². The Kier molecular flexibility index (Phi) is 4.78. The number of halogens is 1. The fourth-order valence-electron chi connectivity index (χ4n) is 3.07. The van der Waals surface area contributed by atoms with Crippen LogP contribution in [0.3, 0.4) is 0 Å². The highest BCUT2D eigenvalue weighted by molar-refractivity contribution is 6.32. The number of rotatable bonds is 4. The van der Waals surface area contributed by atoms with Crippen LogP contribution in [0, 0.1) is 5.92 Å². The first kappa shape index (κ1) is 15.1. The van der Waals surface area contributed by atoms with E-state index < -0.39 is 0 Å². The molecule has 2 aromatic rings. The lowest BCUT2D eigenvalue weighted by molar-refractivity contribution is 0.380. The van der Waals surface area contributed by atoms with E-state index in [1.807, 2.05) is 12.1 Å². The van der Waals surface area contributed by atoms with Gasteiger partial charge in [-0.05, 0) is 36.8 Å². The zero-order chi connectivity index (χ0) is 15.4. The number of ether oxygens (including phenoxy) is 1. The number of piperidine rings is 1. The monoisotopic (exact) mass is 317 g/mol. The smallest absolute Gasteiger partial charge is 0.150 e. The third-order valence-electron chi connectivity index (χ3n) is 4.26. The van der Waals surface area contributed by atoms with Gasteiger partial charge in [0, 0.05) is 13.1 Å². The maximum absolute atomic E-state index is 6.18. The van der Waals surface area contributed by atoms with Crippen molar-refractivity contribution < 1.29 is 4.74 Å². The number of para-hydroxylation sites is 1. The molecule has 0 saturated carbocycles. The molecule has 0 spiro atoms. The van der Waals surface area contributed by atoms with Crippen molar-refractivity contribution in [1.82, 2.24) is 9.97 Å². The fourth-order valence-corrected chi connectivity index (χ4v) is 3.30. The van der Waals surface area contributed by atoms with E-state index in [9.17, 15) is 0 Å². The van der Waals surface area contributed by atoms with Gasteiger partial charge >= 0.3 is 0 Å².